The van der Waals surface area contributed by atoms with Gasteiger partial charge in [-0.05, 0) is 38.1 Å². The van der Waals surface area contributed by atoms with Gasteiger partial charge in [0.05, 0.1) is 31.0 Å². The number of aromatic nitrogens is 2. The third-order valence-corrected chi connectivity index (χ3v) is 2.97. The zero-order valence-corrected chi connectivity index (χ0v) is 12.1. The van der Waals surface area contributed by atoms with Crippen LogP contribution < -0.4 is 4.74 Å². The third-order valence-electron chi connectivity index (χ3n) is 2.97. The maximum atomic E-state index is 11.9. The van der Waals surface area contributed by atoms with Gasteiger partial charge in [-0.1, -0.05) is 0 Å². The highest BCUT2D eigenvalue weighted by Gasteiger charge is 2.22. The van der Waals surface area contributed by atoms with Crippen LogP contribution in [0.2, 0.25) is 0 Å². The molecule has 2 rings (SSSR count). The molecule has 1 aromatic heterocycles. The van der Waals surface area contributed by atoms with E-state index in [2.05, 4.69) is 11.2 Å². The first-order chi connectivity index (χ1) is 10.1. The monoisotopic (exact) mass is 285 g/mol. The molecule has 6 nitrogen and oxygen atoms in total. The summed E-state index contributed by atoms with van der Waals surface area (Å²) in [5.41, 5.74) is 2.08. The first-order valence-electron chi connectivity index (χ1n) is 6.43. The van der Waals surface area contributed by atoms with Crippen LogP contribution in [0.15, 0.2) is 24.3 Å². The van der Waals surface area contributed by atoms with Gasteiger partial charge < -0.3 is 9.47 Å². The number of nitrogens with zero attached hydrogens (tertiary/aromatic N) is 3. The van der Waals surface area contributed by atoms with Gasteiger partial charge in [-0.2, -0.15) is 10.4 Å². The second-order valence-electron chi connectivity index (χ2n) is 4.27. The fourth-order valence-corrected chi connectivity index (χ4v) is 1.97. The molecule has 1 aromatic carbocycles. The van der Waals surface area contributed by atoms with Crippen LogP contribution in [0, 0.1) is 18.3 Å². The van der Waals surface area contributed by atoms with E-state index in [1.54, 1.807) is 38.1 Å². The highest BCUT2D eigenvalue weighted by molar-refractivity contribution is 5.89. The molecule has 0 aliphatic heterocycles. The van der Waals surface area contributed by atoms with E-state index in [-0.39, 0.29) is 12.3 Å². The van der Waals surface area contributed by atoms with Crippen molar-refractivity contribution in [2.75, 3.05) is 13.7 Å². The number of hydrogen-bond donors (Lipinski definition) is 0. The molecule has 0 aliphatic rings. The summed E-state index contributed by atoms with van der Waals surface area (Å²) in [6.45, 7) is 3.77. The number of carbonyl (C=O) groups is 1. The van der Waals surface area contributed by atoms with Gasteiger partial charge in [0.1, 0.15) is 0 Å². The van der Waals surface area contributed by atoms with E-state index < -0.39 is 5.97 Å². The van der Waals surface area contributed by atoms with Gasteiger partial charge in [0.2, 0.25) is 5.88 Å². The minimum atomic E-state index is -0.485. The van der Waals surface area contributed by atoms with Crippen LogP contribution in [0.4, 0.5) is 0 Å². The van der Waals surface area contributed by atoms with Crippen LogP contribution in [0.3, 0.4) is 0 Å². The average Bonchev–Trinajstić information content (AvgIpc) is 2.84. The fraction of sp³-hybridized carbons (Fsp3) is 0.267. The average molecular weight is 285 g/mol. The van der Waals surface area contributed by atoms with Gasteiger partial charge in [0, 0.05) is 5.56 Å². The molecule has 0 saturated carbocycles. The molecule has 0 fully saturated rings. The first kappa shape index (κ1) is 14.6. The van der Waals surface area contributed by atoms with Gasteiger partial charge in [-0.25, -0.2) is 9.48 Å². The molecule has 0 N–H and O–H groups in total. The summed E-state index contributed by atoms with van der Waals surface area (Å²) in [5.74, 6) is -0.0246. The number of nitriles is 1. The summed E-state index contributed by atoms with van der Waals surface area (Å²) in [5, 5.41) is 13.1. The van der Waals surface area contributed by atoms with Gasteiger partial charge in [0.15, 0.2) is 5.69 Å². The molecule has 0 amide bonds. The lowest BCUT2D eigenvalue weighted by Crippen LogP contribution is -2.07. The van der Waals surface area contributed by atoms with Crippen molar-refractivity contribution in [1.82, 2.24) is 9.78 Å². The van der Waals surface area contributed by atoms with E-state index in [0.29, 0.717) is 22.7 Å². The lowest BCUT2D eigenvalue weighted by atomic mass is 10.2. The minimum absolute atomic E-state index is 0.220. The van der Waals surface area contributed by atoms with Crippen LogP contribution in [0.5, 0.6) is 5.88 Å². The molecule has 0 bridgehead atoms. The van der Waals surface area contributed by atoms with E-state index in [1.165, 1.54) is 11.8 Å². The SMILES string of the molecule is CCOC(=O)c1nn(-c2ccc(C#N)cc2)c(OC)c1C. The summed E-state index contributed by atoms with van der Waals surface area (Å²) >= 11 is 0. The van der Waals surface area contributed by atoms with E-state index >= 15 is 0 Å². The molecule has 0 saturated heterocycles. The molecule has 108 valence electrons. The normalized spacial score (nSPS) is 10.0. The maximum Gasteiger partial charge on any atom is 0.359 e. The Bertz CT molecular complexity index is 696. The molecule has 0 aliphatic carbocycles. The Labute approximate surface area is 122 Å². The number of ether oxygens (including phenoxy) is 2. The zero-order valence-electron chi connectivity index (χ0n) is 12.1. The largest absolute Gasteiger partial charge is 0.481 e. The van der Waals surface area contributed by atoms with E-state index in [1.807, 2.05) is 0 Å². The van der Waals surface area contributed by atoms with Crippen molar-refractivity contribution >= 4 is 5.97 Å². The van der Waals surface area contributed by atoms with Crippen molar-refractivity contribution in [3.8, 4) is 17.6 Å². The summed E-state index contributed by atoms with van der Waals surface area (Å²) in [6.07, 6.45) is 0. The van der Waals surface area contributed by atoms with Crippen molar-refractivity contribution in [1.29, 1.82) is 5.26 Å². The molecule has 21 heavy (non-hydrogen) atoms. The molecule has 0 spiro atoms. The number of carbonyl (C=O) groups excluding carboxylic acids is 1. The fourth-order valence-electron chi connectivity index (χ4n) is 1.97. The number of methoxy groups -OCH3 is 1. The van der Waals surface area contributed by atoms with Gasteiger partial charge in [0.25, 0.3) is 0 Å². The molecule has 0 radical (unpaired) electrons. The van der Waals surface area contributed by atoms with Crippen molar-refractivity contribution in [3.63, 3.8) is 0 Å². The second kappa shape index (κ2) is 6.09. The molecule has 6 heteroatoms. The molecule has 0 unspecified atom stereocenters. The first-order valence-corrected chi connectivity index (χ1v) is 6.43. The predicted molar refractivity (Wildman–Crippen MR) is 75.5 cm³/mol. The predicted octanol–water partition coefficient (Wildman–Crippen LogP) is 2.24. The van der Waals surface area contributed by atoms with E-state index in [0.717, 1.165) is 0 Å². The van der Waals surface area contributed by atoms with Crippen LogP contribution in [-0.4, -0.2) is 29.5 Å². The summed E-state index contributed by atoms with van der Waals surface area (Å²) in [6, 6.07) is 8.88. The minimum Gasteiger partial charge on any atom is -0.481 e. The Morgan fingerprint density at radius 3 is 2.57 bits per heavy atom. The molecule has 1 heterocycles. The summed E-state index contributed by atoms with van der Waals surface area (Å²) in [4.78, 5) is 11.9. The topological polar surface area (TPSA) is 77.1 Å². The Morgan fingerprint density at radius 1 is 1.38 bits per heavy atom. The van der Waals surface area contributed by atoms with Crippen molar-refractivity contribution in [3.05, 3.63) is 41.1 Å². The van der Waals surface area contributed by atoms with Gasteiger partial charge >= 0.3 is 5.97 Å². The Morgan fingerprint density at radius 2 is 2.05 bits per heavy atom. The highest BCUT2D eigenvalue weighted by Crippen LogP contribution is 2.25. The van der Waals surface area contributed by atoms with Crippen molar-refractivity contribution in [2.45, 2.75) is 13.8 Å². The second-order valence-corrected chi connectivity index (χ2v) is 4.27. The lowest BCUT2D eigenvalue weighted by Gasteiger charge is -2.06. The van der Waals surface area contributed by atoms with Gasteiger partial charge in [-0.3, -0.25) is 0 Å². The number of benzene rings is 1. The lowest BCUT2D eigenvalue weighted by molar-refractivity contribution is 0.0518. The molecular formula is C15H15N3O3. The van der Waals surface area contributed by atoms with Crippen LogP contribution in [0.1, 0.15) is 28.5 Å². The van der Waals surface area contributed by atoms with Crippen molar-refractivity contribution < 1.29 is 14.3 Å². The Hall–Kier alpha value is -2.81. The van der Waals surface area contributed by atoms with Crippen molar-refractivity contribution in [2.24, 2.45) is 0 Å². The summed E-state index contributed by atoms with van der Waals surface area (Å²) in [7, 11) is 1.51. The highest BCUT2D eigenvalue weighted by atomic mass is 16.5. The molecule has 0 atom stereocenters. The smallest absolute Gasteiger partial charge is 0.359 e. The van der Waals surface area contributed by atoms with Crippen LogP contribution in [0.25, 0.3) is 5.69 Å². The quantitative estimate of drug-likeness (QED) is 0.805. The van der Waals surface area contributed by atoms with Crippen LogP contribution >= 0.6 is 0 Å². The number of hydrogen-bond acceptors (Lipinski definition) is 5. The van der Waals surface area contributed by atoms with E-state index in [4.69, 9.17) is 14.7 Å². The summed E-state index contributed by atoms with van der Waals surface area (Å²) < 4.78 is 11.8. The third kappa shape index (κ3) is 2.72. The van der Waals surface area contributed by atoms with Crippen LogP contribution in [-0.2, 0) is 4.74 Å². The number of rotatable bonds is 4. The Kier molecular flexibility index (Phi) is 4.24. The number of esters is 1. The standard InChI is InChI=1S/C15H15N3O3/c1-4-21-15(19)13-10(2)14(20-3)18(17-13)12-7-5-11(9-16)6-8-12/h5-8H,4H2,1-3H3. The van der Waals surface area contributed by atoms with E-state index in [9.17, 15) is 4.79 Å². The Balaban J connectivity index is 2.50. The zero-order chi connectivity index (χ0) is 15.4. The van der Waals surface area contributed by atoms with Gasteiger partial charge in [-0.15, -0.1) is 0 Å². The molecule has 2 aromatic rings. The molecular weight excluding hydrogens is 270 g/mol. The maximum absolute atomic E-state index is 11.9.